The molecule has 6 nitrogen and oxygen atoms in total. The van der Waals surface area contributed by atoms with Crippen LogP contribution in [0.4, 0.5) is 5.69 Å². The van der Waals surface area contributed by atoms with E-state index in [0.29, 0.717) is 33.8 Å². The van der Waals surface area contributed by atoms with E-state index in [0.717, 1.165) is 0 Å². The van der Waals surface area contributed by atoms with Crippen LogP contribution in [0.25, 0.3) is 11.1 Å². The minimum Gasteiger partial charge on any atom is -0.440 e. The van der Waals surface area contributed by atoms with Gasteiger partial charge in [0.15, 0.2) is 15.4 Å². The average Bonchev–Trinajstić information content (AvgIpc) is 2.97. The van der Waals surface area contributed by atoms with Gasteiger partial charge in [-0.1, -0.05) is 32.9 Å². The maximum atomic E-state index is 12.5. The van der Waals surface area contributed by atoms with Crippen molar-refractivity contribution in [2.45, 2.75) is 31.9 Å². The van der Waals surface area contributed by atoms with Crippen molar-refractivity contribution in [2.24, 2.45) is 0 Å². The van der Waals surface area contributed by atoms with Gasteiger partial charge >= 0.3 is 0 Å². The first kappa shape index (κ1) is 19.1. The van der Waals surface area contributed by atoms with Gasteiger partial charge in [-0.2, -0.15) is 0 Å². The van der Waals surface area contributed by atoms with Crippen molar-refractivity contribution >= 4 is 32.5 Å². The monoisotopic (exact) mass is 386 g/mol. The lowest BCUT2D eigenvalue weighted by Crippen LogP contribution is -2.12. The number of benzene rings is 2. The van der Waals surface area contributed by atoms with Crippen LogP contribution < -0.4 is 5.32 Å². The number of carbonyl (C=O) groups excluding carboxylic acids is 1. The fourth-order valence-corrected chi connectivity index (χ4v) is 3.42. The molecule has 0 atom stereocenters. The van der Waals surface area contributed by atoms with Crippen LogP contribution in [-0.4, -0.2) is 25.6 Å². The van der Waals surface area contributed by atoms with Crippen molar-refractivity contribution in [3.8, 4) is 0 Å². The number of hydrogen-bond donors (Lipinski definition) is 1. The molecule has 0 saturated carbocycles. The lowest BCUT2D eigenvalue weighted by Gasteiger charge is -2.11. The maximum Gasteiger partial charge on any atom is 0.255 e. The molecule has 0 saturated heterocycles. The summed E-state index contributed by atoms with van der Waals surface area (Å²) < 4.78 is 28.7. The lowest BCUT2D eigenvalue weighted by molar-refractivity contribution is 0.102. The molecule has 27 heavy (non-hydrogen) atoms. The van der Waals surface area contributed by atoms with Crippen molar-refractivity contribution < 1.29 is 17.6 Å². The van der Waals surface area contributed by atoms with Gasteiger partial charge in [0.05, 0.1) is 5.75 Å². The summed E-state index contributed by atoms with van der Waals surface area (Å²) >= 11 is 0. The number of carbonyl (C=O) groups is 1. The predicted octanol–water partition coefficient (Wildman–Crippen LogP) is 3.92. The van der Waals surface area contributed by atoms with Gasteiger partial charge in [0.1, 0.15) is 5.52 Å². The Bertz CT molecular complexity index is 1110. The highest BCUT2D eigenvalue weighted by Crippen LogP contribution is 2.27. The third-order valence-corrected chi connectivity index (χ3v) is 4.76. The van der Waals surface area contributed by atoms with E-state index < -0.39 is 9.84 Å². The Kier molecular flexibility index (Phi) is 4.82. The quantitative estimate of drug-likeness (QED) is 0.734. The number of sulfone groups is 1. The van der Waals surface area contributed by atoms with Gasteiger partial charge in [-0.05, 0) is 35.9 Å². The number of aromatic nitrogens is 1. The number of oxazole rings is 1. The fourth-order valence-electron chi connectivity index (χ4n) is 2.63. The Hall–Kier alpha value is -2.67. The fraction of sp³-hybridized carbons (Fsp3) is 0.300. The molecule has 142 valence electrons. The van der Waals surface area contributed by atoms with Crippen LogP contribution >= 0.6 is 0 Å². The molecular weight excluding hydrogens is 364 g/mol. The summed E-state index contributed by atoms with van der Waals surface area (Å²) in [6.07, 6.45) is 1.17. The zero-order valence-electron chi connectivity index (χ0n) is 15.7. The van der Waals surface area contributed by atoms with E-state index in [1.54, 1.807) is 42.5 Å². The molecule has 0 fully saturated rings. The molecule has 3 aromatic rings. The van der Waals surface area contributed by atoms with Crippen LogP contribution in [-0.2, 0) is 21.0 Å². The second-order valence-corrected chi connectivity index (χ2v) is 9.82. The van der Waals surface area contributed by atoms with Crippen LogP contribution in [0, 0.1) is 0 Å². The van der Waals surface area contributed by atoms with E-state index in [1.165, 1.54) is 6.26 Å². The highest BCUT2D eigenvalue weighted by molar-refractivity contribution is 7.89. The van der Waals surface area contributed by atoms with Crippen LogP contribution in [0.15, 0.2) is 46.9 Å². The Morgan fingerprint density at radius 3 is 2.56 bits per heavy atom. The molecule has 1 heterocycles. The zero-order valence-corrected chi connectivity index (χ0v) is 16.6. The van der Waals surface area contributed by atoms with Crippen LogP contribution in [0.3, 0.4) is 0 Å². The Labute approximate surface area is 158 Å². The molecule has 7 heteroatoms. The molecule has 0 aliphatic carbocycles. The summed E-state index contributed by atoms with van der Waals surface area (Å²) in [6.45, 7) is 6.05. The van der Waals surface area contributed by atoms with Gasteiger partial charge in [0, 0.05) is 22.9 Å². The first-order valence-electron chi connectivity index (χ1n) is 8.50. The summed E-state index contributed by atoms with van der Waals surface area (Å²) in [6, 6.07) is 11.9. The topological polar surface area (TPSA) is 89.3 Å². The number of fused-ring (bicyclic) bond motifs is 1. The van der Waals surface area contributed by atoms with Crippen molar-refractivity contribution in [2.75, 3.05) is 11.6 Å². The van der Waals surface area contributed by atoms with Gasteiger partial charge in [-0.3, -0.25) is 4.79 Å². The molecule has 0 aliphatic rings. The molecule has 3 rings (SSSR count). The highest BCUT2D eigenvalue weighted by atomic mass is 32.2. The molecular formula is C20H22N2O4S. The maximum absolute atomic E-state index is 12.5. The van der Waals surface area contributed by atoms with Gasteiger partial charge in [-0.25, -0.2) is 13.4 Å². The first-order chi connectivity index (χ1) is 12.5. The van der Waals surface area contributed by atoms with E-state index in [-0.39, 0.29) is 17.1 Å². The van der Waals surface area contributed by atoms with Crippen molar-refractivity contribution in [3.05, 3.63) is 59.5 Å². The molecule has 0 unspecified atom stereocenters. The first-order valence-corrected chi connectivity index (χ1v) is 10.6. The minimum absolute atomic E-state index is 0.103. The molecule has 0 radical (unpaired) electrons. The molecule has 1 N–H and O–H groups in total. The number of anilines is 1. The number of nitrogens with zero attached hydrogens (tertiary/aromatic N) is 1. The Morgan fingerprint density at radius 2 is 1.89 bits per heavy atom. The highest BCUT2D eigenvalue weighted by Gasteiger charge is 2.21. The zero-order chi connectivity index (χ0) is 19.8. The van der Waals surface area contributed by atoms with Crippen LogP contribution in [0.1, 0.15) is 42.6 Å². The largest absolute Gasteiger partial charge is 0.440 e. The van der Waals surface area contributed by atoms with Crippen molar-refractivity contribution in [1.29, 1.82) is 0 Å². The van der Waals surface area contributed by atoms with Gasteiger partial charge < -0.3 is 9.73 Å². The summed E-state index contributed by atoms with van der Waals surface area (Å²) in [5.41, 5.74) is 2.69. The Morgan fingerprint density at radius 1 is 1.15 bits per heavy atom. The van der Waals surface area contributed by atoms with Crippen LogP contribution in [0.2, 0.25) is 0 Å². The summed E-state index contributed by atoms with van der Waals surface area (Å²) in [5.74, 6) is 0.216. The molecule has 0 spiro atoms. The third kappa shape index (κ3) is 4.74. The van der Waals surface area contributed by atoms with Crippen molar-refractivity contribution in [1.82, 2.24) is 4.98 Å². The molecule has 1 aromatic heterocycles. The molecule has 2 aromatic carbocycles. The Balaban J connectivity index is 1.82. The predicted molar refractivity (Wildman–Crippen MR) is 106 cm³/mol. The second-order valence-electron chi connectivity index (χ2n) is 7.68. The van der Waals surface area contributed by atoms with Crippen molar-refractivity contribution in [3.63, 3.8) is 0 Å². The summed E-state index contributed by atoms with van der Waals surface area (Å²) in [5, 5.41) is 2.82. The normalized spacial score (nSPS) is 12.3. The lowest BCUT2D eigenvalue weighted by atomic mass is 9.97. The van der Waals surface area contributed by atoms with Crippen LogP contribution in [0.5, 0.6) is 0 Å². The summed E-state index contributed by atoms with van der Waals surface area (Å²) in [7, 11) is -3.16. The molecule has 0 aliphatic heterocycles. The van der Waals surface area contributed by atoms with E-state index in [9.17, 15) is 13.2 Å². The van der Waals surface area contributed by atoms with Gasteiger partial charge in [0.2, 0.25) is 5.89 Å². The van der Waals surface area contributed by atoms with E-state index in [2.05, 4.69) is 10.3 Å². The van der Waals surface area contributed by atoms with E-state index in [1.807, 2.05) is 20.8 Å². The number of rotatable bonds is 4. The van der Waals surface area contributed by atoms with E-state index in [4.69, 9.17) is 4.42 Å². The van der Waals surface area contributed by atoms with Gasteiger partial charge in [-0.15, -0.1) is 0 Å². The number of amides is 1. The molecule has 0 bridgehead atoms. The minimum atomic E-state index is -3.16. The smallest absolute Gasteiger partial charge is 0.255 e. The average molecular weight is 386 g/mol. The molecule has 1 amide bonds. The second kappa shape index (κ2) is 6.81. The standard InChI is InChI=1S/C20H22N2O4S/c1-20(2,3)19-22-16-11-15(8-9-17(16)26-19)21-18(23)14-7-5-6-13(10-14)12-27(4,24)25/h5-11H,12H2,1-4H3,(H,21,23). The number of nitrogens with one attached hydrogen (secondary N) is 1. The van der Waals surface area contributed by atoms with E-state index >= 15 is 0 Å². The summed E-state index contributed by atoms with van der Waals surface area (Å²) in [4.78, 5) is 17.0. The SMILES string of the molecule is CC(C)(C)c1nc2cc(NC(=O)c3cccc(CS(C)(=O)=O)c3)ccc2o1. The van der Waals surface area contributed by atoms with Gasteiger partial charge in [0.25, 0.3) is 5.91 Å². The third-order valence-electron chi connectivity index (χ3n) is 3.91. The number of hydrogen-bond acceptors (Lipinski definition) is 5.